The fraction of sp³-hybridized carbons (Fsp3) is 0.474. The van der Waals surface area contributed by atoms with Crippen LogP contribution in [0.2, 0.25) is 0 Å². The Morgan fingerprint density at radius 1 is 1.17 bits per heavy atom. The topological polar surface area (TPSA) is 87.0 Å². The predicted octanol–water partition coefficient (Wildman–Crippen LogP) is 1.40. The van der Waals surface area contributed by atoms with Crippen molar-refractivity contribution in [2.45, 2.75) is 25.3 Å². The van der Waals surface area contributed by atoms with Gasteiger partial charge in [0.25, 0.3) is 0 Å². The lowest BCUT2D eigenvalue weighted by Crippen LogP contribution is -2.52. The van der Waals surface area contributed by atoms with E-state index in [1.165, 1.54) is 16.4 Å². The molecule has 158 valence electrons. The van der Waals surface area contributed by atoms with Gasteiger partial charge in [-0.2, -0.15) is 4.31 Å². The van der Waals surface area contributed by atoms with Crippen LogP contribution in [0.15, 0.2) is 33.7 Å². The number of carbonyl (C=O) groups is 1. The summed E-state index contributed by atoms with van der Waals surface area (Å²) in [5, 5.41) is 3.92. The highest BCUT2D eigenvalue weighted by Gasteiger charge is 2.30. The Hall–Kier alpha value is -2.30. The third-order valence-electron chi connectivity index (χ3n) is 5.06. The third kappa shape index (κ3) is 4.82. The number of piperazine rings is 1. The molecule has 1 saturated heterocycles. The van der Waals surface area contributed by atoms with Gasteiger partial charge in [0.15, 0.2) is 0 Å². The van der Waals surface area contributed by atoms with Gasteiger partial charge in [0.1, 0.15) is 11.6 Å². The molecule has 3 rings (SSSR count). The van der Waals surface area contributed by atoms with Crippen LogP contribution in [-0.4, -0.2) is 73.4 Å². The minimum Gasteiger partial charge on any atom is -0.361 e. The molecule has 1 aliphatic heterocycles. The zero-order chi connectivity index (χ0) is 21.2. The molecule has 1 amide bonds. The van der Waals surface area contributed by atoms with Crippen LogP contribution in [0.25, 0.3) is 0 Å². The van der Waals surface area contributed by atoms with E-state index in [4.69, 9.17) is 4.52 Å². The van der Waals surface area contributed by atoms with Crippen molar-refractivity contribution in [3.05, 3.63) is 47.1 Å². The number of carbonyl (C=O) groups excluding carboxylic acids is 1. The molecule has 0 radical (unpaired) electrons. The normalized spacial score (nSPS) is 15.8. The zero-order valence-corrected chi connectivity index (χ0v) is 17.6. The summed E-state index contributed by atoms with van der Waals surface area (Å²) in [5.74, 6) is 0.194. The Labute approximate surface area is 169 Å². The molecule has 2 aromatic rings. The Morgan fingerprint density at radius 3 is 2.34 bits per heavy atom. The number of benzene rings is 1. The van der Waals surface area contributed by atoms with E-state index in [1.807, 2.05) is 25.8 Å². The van der Waals surface area contributed by atoms with Gasteiger partial charge in [-0.25, -0.2) is 12.8 Å². The van der Waals surface area contributed by atoms with E-state index in [2.05, 4.69) is 5.16 Å². The average Bonchev–Trinajstić information content (AvgIpc) is 3.00. The molecule has 1 aromatic carbocycles. The highest BCUT2D eigenvalue weighted by atomic mass is 32.2. The van der Waals surface area contributed by atoms with E-state index in [0.717, 1.165) is 29.2 Å². The van der Waals surface area contributed by atoms with Crippen LogP contribution < -0.4 is 0 Å². The van der Waals surface area contributed by atoms with Crippen molar-refractivity contribution < 1.29 is 22.1 Å². The van der Waals surface area contributed by atoms with Crippen molar-refractivity contribution in [3.8, 4) is 0 Å². The van der Waals surface area contributed by atoms with Crippen LogP contribution in [0.5, 0.6) is 0 Å². The summed E-state index contributed by atoms with van der Waals surface area (Å²) >= 11 is 0. The first-order valence-corrected chi connectivity index (χ1v) is 10.8. The Kier molecular flexibility index (Phi) is 6.35. The van der Waals surface area contributed by atoms with Gasteiger partial charge in [0.2, 0.25) is 15.9 Å². The van der Waals surface area contributed by atoms with E-state index < -0.39 is 15.8 Å². The quantitative estimate of drug-likeness (QED) is 0.697. The lowest BCUT2D eigenvalue weighted by atomic mass is 10.2. The van der Waals surface area contributed by atoms with Crippen LogP contribution in [0.4, 0.5) is 4.39 Å². The van der Waals surface area contributed by atoms with Gasteiger partial charge in [0, 0.05) is 38.3 Å². The molecule has 0 unspecified atom stereocenters. The van der Waals surface area contributed by atoms with Crippen molar-refractivity contribution in [1.29, 1.82) is 0 Å². The smallest absolute Gasteiger partial charge is 0.243 e. The number of aromatic nitrogens is 1. The number of hydrogen-bond donors (Lipinski definition) is 0. The molecule has 0 spiro atoms. The van der Waals surface area contributed by atoms with Crippen molar-refractivity contribution in [1.82, 2.24) is 19.3 Å². The van der Waals surface area contributed by atoms with Gasteiger partial charge in [-0.15, -0.1) is 0 Å². The molecule has 0 atom stereocenters. The van der Waals surface area contributed by atoms with Crippen molar-refractivity contribution in [3.63, 3.8) is 0 Å². The Morgan fingerprint density at radius 2 is 1.79 bits per heavy atom. The van der Waals surface area contributed by atoms with Crippen LogP contribution in [0.1, 0.15) is 17.0 Å². The molecule has 2 heterocycles. The van der Waals surface area contributed by atoms with Crippen LogP contribution in [-0.2, 0) is 21.4 Å². The Balaban J connectivity index is 1.54. The van der Waals surface area contributed by atoms with Gasteiger partial charge >= 0.3 is 0 Å². The van der Waals surface area contributed by atoms with Gasteiger partial charge in [-0.3, -0.25) is 9.69 Å². The summed E-state index contributed by atoms with van der Waals surface area (Å²) < 4.78 is 44.9. The first-order valence-electron chi connectivity index (χ1n) is 9.32. The number of likely N-dealkylation sites (N-methyl/N-ethyl adjacent to an activating group) is 1. The number of sulfonamides is 1. The molecule has 10 heteroatoms. The lowest BCUT2D eigenvalue weighted by Gasteiger charge is -2.34. The van der Waals surface area contributed by atoms with E-state index in [-0.39, 0.29) is 30.4 Å². The molecule has 0 saturated carbocycles. The molecule has 29 heavy (non-hydrogen) atoms. The third-order valence-corrected chi connectivity index (χ3v) is 6.97. The van der Waals surface area contributed by atoms with Crippen LogP contribution in [0.3, 0.4) is 0 Å². The average molecular weight is 424 g/mol. The summed E-state index contributed by atoms with van der Waals surface area (Å²) in [6, 6.07) is 4.76. The van der Waals surface area contributed by atoms with E-state index >= 15 is 0 Å². The maximum Gasteiger partial charge on any atom is 0.243 e. The van der Waals surface area contributed by atoms with E-state index in [9.17, 15) is 17.6 Å². The highest BCUT2D eigenvalue weighted by Crippen LogP contribution is 2.18. The van der Waals surface area contributed by atoms with Crippen molar-refractivity contribution in [2.24, 2.45) is 0 Å². The fourth-order valence-electron chi connectivity index (χ4n) is 3.32. The second kappa shape index (κ2) is 8.60. The summed E-state index contributed by atoms with van der Waals surface area (Å²) in [6.45, 7) is 5.52. The monoisotopic (exact) mass is 424 g/mol. The first kappa shape index (κ1) is 21.4. The predicted molar refractivity (Wildman–Crippen MR) is 104 cm³/mol. The minimum absolute atomic E-state index is 0.0536. The van der Waals surface area contributed by atoms with Crippen molar-refractivity contribution >= 4 is 15.9 Å². The largest absolute Gasteiger partial charge is 0.361 e. The lowest BCUT2D eigenvalue weighted by molar-refractivity contribution is -0.133. The maximum atomic E-state index is 13.1. The van der Waals surface area contributed by atoms with Gasteiger partial charge < -0.3 is 9.42 Å². The molecular weight excluding hydrogens is 399 g/mol. The summed E-state index contributed by atoms with van der Waals surface area (Å²) in [7, 11) is -1.85. The molecule has 1 aromatic heterocycles. The van der Waals surface area contributed by atoms with Crippen LogP contribution >= 0.6 is 0 Å². The summed E-state index contributed by atoms with van der Waals surface area (Å²) in [6.07, 6.45) is 0. The number of amides is 1. The minimum atomic E-state index is -3.69. The molecule has 0 N–H and O–H groups in total. The number of nitrogens with zero attached hydrogens (tertiary/aromatic N) is 4. The first-order chi connectivity index (χ1) is 13.7. The Bertz CT molecular complexity index is 947. The van der Waals surface area contributed by atoms with Gasteiger partial charge in [-0.05, 0) is 45.2 Å². The zero-order valence-electron chi connectivity index (χ0n) is 16.8. The number of aryl methyl sites for hydroxylation is 2. The standard InChI is InChI=1S/C19H25FN4O4S/c1-14-18(15(2)28-21-14)12-22(3)13-19(25)23-8-10-24(11-9-23)29(26,27)17-6-4-16(20)5-7-17/h4-7H,8-13H2,1-3H3. The molecule has 8 nitrogen and oxygen atoms in total. The molecule has 1 fully saturated rings. The van der Waals surface area contributed by atoms with Crippen molar-refractivity contribution in [2.75, 3.05) is 39.8 Å². The summed E-state index contributed by atoms with van der Waals surface area (Å²) in [4.78, 5) is 16.2. The fourth-order valence-corrected chi connectivity index (χ4v) is 4.74. The molecular formula is C19H25FN4O4S. The highest BCUT2D eigenvalue weighted by molar-refractivity contribution is 7.89. The second-order valence-electron chi connectivity index (χ2n) is 7.21. The van der Waals surface area contributed by atoms with Gasteiger partial charge in [0.05, 0.1) is 17.1 Å². The number of halogens is 1. The van der Waals surface area contributed by atoms with Crippen LogP contribution in [0, 0.1) is 19.7 Å². The molecule has 1 aliphatic rings. The summed E-state index contributed by atoms with van der Waals surface area (Å²) in [5.41, 5.74) is 1.77. The van der Waals surface area contributed by atoms with E-state index in [0.29, 0.717) is 19.6 Å². The second-order valence-corrected chi connectivity index (χ2v) is 9.15. The van der Waals surface area contributed by atoms with E-state index in [1.54, 1.807) is 4.90 Å². The SMILES string of the molecule is Cc1noc(C)c1CN(C)CC(=O)N1CCN(S(=O)(=O)c2ccc(F)cc2)CC1. The molecule has 0 bridgehead atoms. The molecule has 0 aliphatic carbocycles. The maximum absolute atomic E-state index is 13.1. The number of hydrogen-bond acceptors (Lipinski definition) is 6. The number of rotatable bonds is 6. The van der Waals surface area contributed by atoms with Gasteiger partial charge in [-0.1, -0.05) is 5.16 Å².